The first-order valence-electron chi connectivity index (χ1n) is 11.6. The number of rotatable bonds is 6. The number of cyclic esters (lactones) is 2. The molecule has 6 nitrogen and oxygen atoms in total. The van der Waals surface area contributed by atoms with Crippen LogP contribution in [-0.2, 0) is 25.7 Å². The quantitative estimate of drug-likeness (QED) is 0.292. The van der Waals surface area contributed by atoms with E-state index < -0.39 is 29.6 Å². The molecule has 0 saturated carbocycles. The monoisotopic (exact) mass is 469 g/mol. The number of fused-ring (bicyclic) bond motifs is 1. The standard InChI is InChI=1S/C29H27NO5/c1-18-8-10-19(11-9-18)17-33-21-14-12-20(13-15-21)25(23-16-30-24-7-5-4-6-22(23)24)26-27(31)34-29(2,3)35-28(26)32/h4-16,25-26,30H,17H2,1-3H3/t25-/m1/s1. The fourth-order valence-corrected chi connectivity index (χ4v) is 4.53. The van der Waals surface area contributed by atoms with Crippen LogP contribution in [0.25, 0.3) is 10.9 Å². The molecule has 6 heteroatoms. The summed E-state index contributed by atoms with van der Waals surface area (Å²) in [6.07, 6.45) is 1.84. The van der Waals surface area contributed by atoms with Crippen LogP contribution in [0.1, 0.15) is 42.0 Å². The summed E-state index contributed by atoms with van der Waals surface area (Å²) < 4.78 is 16.9. The third kappa shape index (κ3) is 4.64. The number of para-hydroxylation sites is 1. The minimum Gasteiger partial charge on any atom is -0.489 e. The molecule has 0 spiro atoms. The summed E-state index contributed by atoms with van der Waals surface area (Å²) in [6, 6.07) is 23.5. The van der Waals surface area contributed by atoms with Gasteiger partial charge in [-0.3, -0.25) is 9.59 Å². The van der Waals surface area contributed by atoms with E-state index in [4.69, 9.17) is 14.2 Å². The average Bonchev–Trinajstić information content (AvgIpc) is 3.25. The highest BCUT2D eigenvalue weighted by Crippen LogP contribution is 2.41. The number of hydrogen-bond acceptors (Lipinski definition) is 5. The SMILES string of the molecule is Cc1ccc(COc2ccc([C@H](c3c[nH]c4ccccc34)C3C(=O)OC(C)(C)OC3=O)cc2)cc1. The Bertz CT molecular complexity index is 1350. The second kappa shape index (κ2) is 8.95. The van der Waals surface area contributed by atoms with Gasteiger partial charge in [-0.25, -0.2) is 0 Å². The van der Waals surface area contributed by atoms with E-state index in [9.17, 15) is 9.59 Å². The number of hydrogen-bond donors (Lipinski definition) is 1. The zero-order chi connectivity index (χ0) is 24.6. The molecule has 0 radical (unpaired) electrons. The van der Waals surface area contributed by atoms with Gasteiger partial charge in [-0.05, 0) is 41.8 Å². The molecule has 1 N–H and O–H groups in total. The first kappa shape index (κ1) is 22.7. The molecular formula is C29H27NO5. The fraction of sp³-hybridized carbons (Fsp3) is 0.241. The number of aromatic nitrogens is 1. The molecule has 35 heavy (non-hydrogen) atoms. The molecule has 1 saturated heterocycles. The lowest BCUT2D eigenvalue weighted by Crippen LogP contribution is -2.48. The Morgan fingerprint density at radius 3 is 2.26 bits per heavy atom. The zero-order valence-corrected chi connectivity index (χ0v) is 19.9. The van der Waals surface area contributed by atoms with Crippen molar-refractivity contribution in [1.82, 2.24) is 4.98 Å². The number of ether oxygens (including phenoxy) is 3. The van der Waals surface area contributed by atoms with Gasteiger partial charge in [0.2, 0.25) is 0 Å². The highest BCUT2D eigenvalue weighted by atomic mass is 16.7. The topological polar surface area (TPSA) is 77.6 Å². The molecule has 0 bridgehead atoms. The maximum atomic E-state index is 13.1. The normalized spacial score (nSPS) is 16.5. The molecule has 4 aromatic rings. The number of benzene rings is 3. The van der Waals surface area contributed by atoms with Crippen molar-refractivity contribution in [3.63, 3.8) is 0 Å². The summed E-state index contributed by atoms with van der Waals surface area (Å²) in [5.74, 6) is -3.50. The molecule has 1 atom stereocenters. The smallest absolute Gasteiger partial charge is 0.324 e. The van der Waals surface area contributed by atoms with Gasteiger partial charge in [-0.2, -0.15) is 0 Å². The minimum atomic E-state index is -1.29. The molecule has 1 fully saturated rings. The summed E-state index contributed by atoms with van der Waals surface area (Å²) in [7, 11) is 0. The Kier molecular flexibility index (Phi) is 5.81. The molecule has 2 heterocycles. The van der Waals surface area contributed by atoms with Gasteiger partial charge in [0.15, 0.2) is 5.92 Å². The van der Waals surface area contributed by atoms with Gasteiger partial charge >= 0.3 is 11.9 Å². The Labute approximate surface area is 203 Å². The van der Waals surface area contributed by atoms with Gasteiger partial charge in [0.25, 0.3) is 5.79 Å². The lowest BCUT2D eigenvalue weighted by atomic mass is 9.80. The number of aryl methyl sites for hydroxylation is 1. The van der Waals surface area contributed by atoms with E-state index in [-0.39, 0.29) is 0 Å². The van der Waals surface area contributed by atoms with Crippen molar-refractivity contribution in [3.8, 4) is 5.75 Å². The van der Waals surface area contributed by atoms with Crippen molar-refractivity contribution in [2.45, 2.75) is 39.1 Å². The molecule has 0 aliphatic carbocycles. The molecular weight excluding hydrogens is 442 g/mol. The van der Waals surface area contributed by atoms with E-state index in [1.807, 2.05) is 73.8 Å². The zero-order valence-electron chi connectivity index (χ0n) is 19.9. The van der Waals surface area contributed by atoms with E-state index in [0.29, 0.717) is 12.4 Å². The summed E-state index contributed by atoms with van der Waals surface area (Å²) in [5, 5.41) is 0.933. The van der Waals surface area contributed by atoms with Gasteiger partial charge < -0.3 is 19.2 Å². The lowest BCUT2D eigenvalue weighted by Gasteiger charge is -2.36. The van der Waals surface area contributed by atoms with Crippen LogP contribution in [0.2, 0.25) is 0 Å². The van der Waals surface area contributed by atoms with Gasteiger partial charge in [0.1, 0.15) is 12.4 Å². The maximum absolute atomic E-state index is 13.1. The van der Waals surface area contributed by atoms with Crippen molar-refractivity contribution in [2.75, 3.05) is 0 Å². The van der Waals surface area contributed by atoms with Crippen molar-refractivity contribution in [1.29, 1.82) is 0 Å². The molecule has 178 valence electrons. The predicted octanol–water partition coefficient (Wildman–Crippen LogP) is 5.64. The van der Waals surface area contributed by atoms with Crippen LogP contribution < -0.4 is 4.74 Å². The van der Waals surface area contributed by atoms with Crippen LogP contribution in [0, 0.1) is 12.8 Å². The maximum Gasteiger partial charge on any atom is 0.324 e. The average molecular weight is 470 g/mol. The fourth-order valence-electron chi connectivity index (χ4n) is 4.53. The van der Waals surface area contributed by atoms with Crippen LogP contribution in [0.3, 0.4) is 0 Å². The first-order valence-corrected chi connectivity index (χ1v) is 11.6. The van der Waals surface area contributed by atoms with Crippen LogP contribution in [0.4, 0.5) is 0 Å². The highest BCUT2D eigenvalue weighted by Gasteiger charge is 2.48. The van der Waals surface area contributed by atoms with Crippen LogP contribution in [0.5, 0.6) is 5.75 Å². The van der Waals surface area contributed by atoms with E-state index in [1.54, 1.807) is 13.8 Å². The third-order valence-electron chi connectivity index (χ3n) is 6.26. The third-order valence-corrected chi connectivity index (χ3v) is 6.26. The van der Waals surface area contributed by atoms with Gasteiger partial charge in [-0.1, -0.05) is 60.2 Å². The Morgan fingerprint density at radius 2 is 1.57 bits per heavy atom. The van der Waals surface area contributed by atoms with Crippen molar-refractivity contribution < 1.29 is 23.8 Å². The highest BCUT2D eigenvalue weighted by molar-refractivity contribution is 5.99. The first-order chi connectivity index (χ1) is 16.8. The molecule has 0 unspecified atom stereocenters. The van der Waals surface area contributed by atoms with E-state index in [2.05, 4.69) is 17.1 Å². The molecule has 0 amide bonds. The van der Waals surface area contributed by atoms with E-state index >= 15 is 0 Å². The molecule has 5 rings (SSSR count). The molecule has 1 aliphatic rings. The van der Waals surface area contributed by atoms with Crippen molar-refractivity contribution >= 4 is 22.8 Å². The number of H-pyrrole nitrogens is 1. The van der Waals surface area contributed by atoms with E-state index in [0.717, 1.165) is 27.6 Å². The number of carbonyl (C=O) groups excluding carboxylic acids is 2. The van der Waals surface area contributed by atoms with Crippen LogP contribution in [-0.4, -0.2) is 22.7 Å². The molecule has 1 aliphatic heterocycles. The number of esters is 2. The summed E-state index contributed by atoms with van der Waals surface area (Å²) in [4.78, 5) is 29.4. The minimum absolute atomic E-state index is 0.446. The largest absolute Gasteiger partial charge is 0.489 e. The number of carbonyl (C=O) groups is 2. The summed E-state index contributed by atoms with van der Waals surface area (Å²) in [5.41, 5.74) is 4.81. The molecule has 3 aromatic carbocycles. The predicted molar refractivity (Wildman–Crippen MR) is 132 cm³/mol. The number of nitrogens with one attached hydrogen (secondary N) is 1. The Morgan fingerprint density at radius 1 is 0.914 bits per heavy atom. The van der Waals surface area contributed by atoms with Crippen LogP contribution >= 0.6 is 0 Å². The number of aromatic amines is 1. The molecule has 1 aromatic heterocycles. The summed E-state index contributed by atoms with van der Waals surface area (Å²) >= 11 is 0. The Hall–Kier alpha value is -4.06. The van der Waals surface area contributed by atoms with Crippen LogP contribution in [0.15, 0.2) is 79.0 Å². The van der Waals surface area contributed by atoms with Gasteiger partial charge in [0, 0.05) is 36.9 Å². The Balaban J connectivity index is 1.48. The van der Waals surface area contributed by atoms with Gasteiger partial charge in [0.05, 0.1) is 0 Å². The second-order valence-corrected chi connectivity index (χ2v) is 9.33. The lowest BCUT2D eigenvalue weighted by molar-refractivity contribution is -0.240. The second-order valence-electron chi connectivity index (χ2n) is 9.33. The van der Waals surface area contributed by atoms with Crippen molar-refractivity contribution in [2.24, 2.45) is 5.92 Å². The van der Waals surface area contributed by atoms with Gasteiger partial charge in [-0.15, -0.1) is 0 Å². The van der Waals surface area contributed by atoms with E-state index in [1.165, 1.54) is 5.56 Å². The summed E-state index contributed by atoms with van der Waals surface area (Å²) in [6.45, 7) is 5.61. The van der Waals surface area contributed by atoms with Crippen molar-refractivity contribution in [3.05, 3.63) is 101 Å².